The SMILES string of the molecule is CCOc1cc2c(cc1OC)[C@H]1CCC(=O)[C@@]1(C)C2. The predicted molar refractivity (Wildman–Crippen MR) is 73.0 cm³/mol. The first-order valence-electron chi connectivity index (χ1n) is 6.97. The molecule has 0 radical (unpaired) electrons. The molecule has 1 saturated carbocycles. The van der Waals surface area contributed by atoms with Crippen LogP contribution in [0, 0.1) is 5.41 Å². The van der Waals surface area contributed by atoms with Crippen LogP contribution in [0.3, 0.4) is 0 Å². The fraction of sp³-hybridized carbons (Fsp3) is 0.562. The summed E-state index contributed by atoms with van der Waals surface area (Å²) < 4.78 is 11.0. The van der Waals surface area contributed by atoms with Crippen molar-refractivity contribution in [1.29, 1.82) is 0 Å². The van der Waals surface area contributed by atoms with E-state index in [1.807, 2.05) is 6.92 Å². The molecule has 3 heteroatoms. The van der Waals surface area contributed by atoms with Crippen molar-refractivity contribution in [3.8, 4) is 11.5 Å². The summed E-state index contributed by atoms with van der Waals surface area (Å²) in [5, 5.41) is 0. The van der Waals surface area contributed by atoms with Crippen LogP contribution in [-0.4, -0.2) is 19.5 Å². The van der Waals surface area contributed by atoms with Gasteiger partial charge in [0, 0.05) is 11.8 Å². The van der Waals surface area contributed by atoms with E-state index in [1.54, 1.807) is 7.11 Å². The molecule has 0 aliphatic heterocycles. The van der Waals surface area contributed by atoms with Gasteiger partial charge in [0.2, 0.25) is 0 Å². The van der Waals surface area contributed by atoms with Gasteiger partial charge >= 0.3 is 0 Å². The lowest BCUT2D eigenvalue weighted by Gasteiger charge is -2.21. The zero-order valence-corrected chi connectivity index (χ0v) is 11.8. The van der Waals surface area contributed by atoms with Crippen LogP contribution in [0.2, 0.25) is 0 Å². The number of ether oxygens (including phenoxy) is 2. The van der Waals surface area contributed by atoms with E-state index in [-0.39, 0.29) is 5.41 Å². The molecule has 1 fully saturated rings. The maximum Gasteiger partial charge on any atom is 0.161 e. The minimum Gasteiger partial charge on any atom is -0.493 e. The van der Waals surface area contributed by atoms with Crippen molar-refractivity contribution in [3.05, 3.63) is 23.3 Å². The summed E-state index contributed by atoms with van der Waals surface area (Å²) in [7, 11) is 1.66. The van der Waals surface area contributed by atoms with Crippen molar-refractivity contribution in [3.63, 3.8) is 0 Å². The highest BCUT2D eigenvalue weighted by atomic mass is 16.5. The third-order valence-corrected chi connectivity index (χ3v) is 4.72. The Labute approximate surface area is 113 Å². The quantitative estimate of drug-likeness (QED) is 0.837. The van der Waals surface area contributed by atoms with Crippen LogP contribution in [-0.2, 0) is 11.2 Å². The van der Waals surface area contributed by atoms with E-state index in [0.29, 0.717) is 18.3 Å². The molecule has 0 saturated heterocycles. The van der Waals surface area contributed by atoms with Crippen LogP contribution in [0.4, 0.5) is 0 Å². The Kier molecular flexibility index (Phi) is 2.80. The number of ketones is 1. The average molecular weight is 260 g/mol. The first-order chi connectivity index (χ1) is 9.10. The van der Waals surface area contributed by atoms with E-state index in [0.717, 1.165) is 30.8 Å². The van der Waals surface area contributed by atoms with Crippen molar-refractivity contribution in [2.45, 2.75) is 39.0 Å². The number of methoxy groups -OCH3 is 1. The summed E-state index contributed by atoms with van der Waals surface area (Å²) in [6, 6.07) is 4.14. The summed E-state index contributed by atoms with van der Waals surface area (Å²) in [5.41, 5.74) is 2.34. The Bertz CT molecular complexity index is 535. The second-order valence-corrected chi connectivity index (χ2v) is 5.74. The van der Waals surface area contributed by atoms with E-state index in [9.17, 15) is 4.79 Å². The van der Waals surface area contributed by atoms with Crippen LogP contribution in [0.25, 0.3) is 0 Å². The van der Waals surface area contributed by atoms with Gasteiger partial charge in [0.05, 0.1) is 13.7 Å². The molecule has 0 aromatic heterocycles. The number of rotatable bonds is 3. The van der Waals surface area contributed by atoms with Crippen molar-refractivity contribution < 1.29 is 14.3 Å². The second kappa shape index (κ2) is 4.26. The van der Waals surface area contributed by atoms with E-state index in [1.165, 1.54) is 11.1 Å². The Balaban J connectivity index is 2.07. The first-order valence-corrected chi connectivity index (χ1v) is 6.97. The Morgan fingerprint density at radius 2 is 2.16 bits per heavy atom. The molecule has 1 aromatic rings. The van der Waals surface area contributed by atoms with Crippen molar-refractivity contribution in [2.75, 3.05) is 13.7 Å². The van der Waals surface area contributed by atoms with Crippen molar-refractivity contribution in [2.24, 2.45) is 5.41 Å². The maximum atomic E-state index is 12.1. The van der Waals surface area contributed by atoms with Crippen molar-refractivity contribution in [1.82, 2.24) is 0 Å². The monoisotopic (exact) mass is 260 g/mol. The van der Waals surface area contributed by atoms with Gasteiger partial charge in [-0.3, -0.25) is 4.79 Å². The third kappa shape index (κ3) is 1.67. The zero-order chi connectivity index (χ0) is 13.6. The largest absolute Gasteiger partial charge is 0.493 e. The lowest BCUT2D eigenvalue weighted by atomic mass is 9.80. The van der Waals surface area contributed by atoms with Crippen LogP contribution in [0.1, 0.15) is 43.7 Å². The molecule has 2 atom stereocenters. The predicted octanol–water partition coefficient (Wildman–Crippen LogP) is 3.10. The second-order valence-electron chi connectivity index (χ2n) is 5.74. The molecule has 19 heavy (non-hydrogen) atoms. The van der Waals surface area contributed by atoms with Gasteiger partial charge in [-0.2, -0.15) is 0 Å². The number of fused-ring (bicyclic) bond motifs is 3. The number of carbonyl (C=O) groups is 1. The molecular formula is C16H20O3. The number of carbonyl (C=O) groups excluding carboxylic acids is 1. The molecular weight excluding hydrogens is 240 g/mol. The van der Waals surface area contributed by atoms with Crippen LogP contribution >= 0.6 is 0 Å². The fourth-order valence-corrected chi connectivity index (χ4v) is 3.71. The van der Waals surface area contributed by atoms with Gasteiger partial charge in [0.1, 0.15) is 5.78 Å². The zero-order valence-electron chi connectivity index (χ0n) is 11.8. The fourth-order valence-electron chi connectivity index (χ4n) is 3.71. The van der Waals surface area contributed by atoms with Gasteiger partial charge in [0.15, 0.2) is 11.5 Å². The number of Topliss-reactive ketones (excluding diaryl/α,β-unsaturated/α-hetero) is 1. The molecule has 2 aliphatic rings. The molecule has 0 heterocycles. The van der Waals surface area contributed by atoms with E-state index in [4.69, 9.17) is 9.47 Å². The summed E-state index contributed by atoms with van der Waals surface area (Å²) in [6.45, 7) is 4.70. The van der Waals surface area contributed by atoms with Crippen molar-refractivity contribution >= 4 is 5.78 Å². The van der Waals surface area contributed by atoms with Gasteiger partial charge in [0.25, 0.3) is 0 Å². The number of benzene rings is 1. The molecule has 1 aromatic carbocycles. The summed E-state index contributed by atoms with van der Waals surface area (Å²) in [4.78, 5) is 12.1. The molecule has 102 valence electrons. The Hall–Kier alpha value is -1.51. The van der Waals surface area contributed by atoms with Gasteiger partial charge < -0.3 is 9.47 Å². The number of hydrogen-bond donors (Lipinski definition) is 0. The van der Waals surface area contributed by atoms with Gasteiger partial charge in [-0.05, 0) is 48.9 Å². The summed E-state index contributed by atoms with van der Waals surface area (Å²) in [6.07, 6.45) is 2.53. The average Bonchev–Trinajstić information content (AvgIpc) is 2.82. The molecule has 0 spiro atoms. The molecule has 0 N–H and O–H groups in total. The summed E-state index contributed by atoms with van der Waals surface area (Å²) in [5.74, 6) is 2.34. The molecule has 0 unspecified atom stereocenters. The molecule has 3 nitrogen and oxygen atoms in total. The topological polar surface area (TPSA) is 35.5 Å². The summed E-state index contributed by atoms with van der Waals surface area (Å²) >= 11 is 0. The van der Waals surface area contributed by atoms with E-state index >= 15 is 0 Å². The number of hydrogen-bond acceptors (Lipinski definition) is 3. The van der Waals surface area contributed by atoms with Crippen LogP contribution < -0.4 is 9.47 Å². The Morgan fingerprint density at radius 3 is 2.84 bits per heavy atom. The smallest absolute Gasteiger partial charge is 0.161 e. The van der Waals surface area contributed by atoms with Crippen LogP contribution in [0.15, 0.2) is 12.1 Å². The van der Waals surface area contributed by atoms with Crippen LogP contribution in [0.5, 0.6) is 11.5 Å². The lowest BCUT2D eigenvalue weighted by molar-refractivity contribution is -0.125. The Morgan fingerprint density at radius 1 is 1.37 bits per heavy atom. The highest BCUT2D eigenvalue weighted by Crippen LogP contribution is 2.56. The third-order valence-electron chi connectivity index (χ3n) is 4.72. The highest BCUT2D eigenvalue weighted by Gasteiger charge is 2.51. The van der Waals surface area contributed by atoms with Gasteiger partial charge in [-0.15, -0.1) is 0 Å². The first kappa shape index (κ1) is 12.5. The molecule has 0 bridgehead atoms. The highest BCUT2D eigenvalue weighted by molar-refractivity contribution is 5.89. The van der Waals surface area contributed by atoms with Gasteiger partial charge in [-0.1, -0.05) is 6.92 Å². The standard InChI is InChI=1S/C16H20O3/c1-4-19-14-7-10-9-16(2)12(5-6-15(16)17)11(10)8-13(14)18-3/h7-8,12H,4-6,9H2,1-3H3/t12-,16+/m1/s1. The minimum atomic E-state index is -0.196. The minimum absolute atomic E-state index is 0.196. The maximum absolute atomic E-state index is 12.1. The lowest BCUT2D eigenvalue weighted by Crippen LogP contribution is -2.24. The molecule has 3 rings (SSSR count). The van der Waals surface area contributed by atoms with E-state index in [2.05, 4.69) is 19.1 Å². The molecule has 0 amide bonds. The van der Waals surface area contributed by atoms with Gasteiger partial charge in [-0.25, -0.2) is 0 Å². The normalized spacial score (nSPS) is 28.2. The van der Waals surface area contributed by atoms with E-state index < -0.39 is 0 Å². The molecule has 2 aliphatic carbocycles.